The van der Waals surface area contributed by atoms with Crippen molar-refractivity contribution in [3.05, 3.63) is 16.0 Å². The number of thiophene rings is 1. The fourth-order valence-electron chi connectivity index (χ4n) is 3.33. The lowest BCUT2D eigenvalue weighted by Gasteiger charge is -2.34. The summed E-state index contributed by atoms with van der Waals surface area (Å²) < 4.78 is 33.3. The number of morpholine rings is 1. The molecule has 0 spiro atoms. The van der Waals surface area contributed by atoms with Gasteiger partial charge in [0, 0.05) is 24.0 Å². The first kappa shape index (κ1) is 17.8. The zero-order valence-corrected chi connectivity index (χ0v) is 15.2. The third-order valence-corrected chi connectivity index (χ3v) is 8.13. The van der Waals surface area contributed by atoms with E-state index in [0.717, 1.165) is 22.6 Å². The molecule has 1 aromatic heterocycles. The number of ether oxygens (including phenoxy) is 1. The van der Waals surface area contributed by atoms with Crippen LogP contribution in [0.5, 0.6) is 0 Å². The minimum atomic E-state index is -3.84. The molecule has 24 heavy (non-hydrogen) atoms. The molecule has 1 unspecified atom stereocenters. The van der Waals surface area contributed by atoms with Crippen LogP contribution in [0.3, 0.4) is 0 Å². The van der Waals surface area contributed by atoms with Crippen LogP contribution >= 0.6 is 11.3 Å². The molecule has 134 valence electrons. The molecule has 2 aliphatic heterocycles. The molecule has 0 aromatic carbocycles. The predicted octanol–water partition coefficient (Wildman–Crippen LogP) is 1.28. The van der Waals surface area contributed by atoms with Gasteiger partial charge in [-0.3, -0.25) is 0 Å². The number of hydrogen-bond acceptors (Lipinski definition) is 6. The summed E-state index contributed by atoms with van der Waals surface area (Å²) in [5.41, 5.74) is 0.642. The summed E-state index contributed by atoms with van der Waals surface area (Å²) >= 11 is 1.10. The summed E-state index contributed by atoms with van der Waals surface area (Å²) in [5, 5.41) is 12.8. The highest BCUT2D eigenvalue weighted by molar-refractivity contribution is 7.91. The molecular formula is C15H22N2O5S2. The van der Waals surface area contributed by atoms with E-state index in [1.165, 1.54) is 4.31 Å². The van der Waals surface area contributed by atoms with E-state index in [0.29, 0.717) is 44.7 Å². The Morgan fingerprint density at radius 2 is 2.29 bits per heavy atom. The second-order valence-electron chi connectivity index (χ2n) is 6.03. The van der Waals surface area contributed by atoms with Gasteiger partial charge in [-0.15, -0.1) is 11.3 Å². The Balaban J connectivity index is 2.06. The van der Waals surface area contributed by atoms with Gasteiger partial charge in [-0.2, -0.15) is 4.31 Å². The predicted molar refractivity (Wildman–Crippen MR) is 90.1 cm³/mol. The average molecular weight is 374 g/mol. The number of nitrogens with one attached hydrogen (secondary N) is 1. The highest BCUT2D eigenvalue weighted by Crippen LogP contribution is 2.37. The molecule has 3 rings (SSSR count). The summed E-state index contributed by atoms with van der Waals surface area (Å²) in [6.07, 6.45) is 2.09. The number of carboxylic acids is 1. The summed E-state index contributed by atoms with van der Waals surface area (Å²) in [6, 6.07) is -0.229. The Morgan fingerprint density at radius 3 is 3.00 bits per heavy atom. The van der Waals surface area contributed by atoms with Crippen LogP contribution in [0.1, 0.15) is 40.6 Å². The van der Waals surface area contributed by atoms with Crippen molar-refractivity contribution in [2.45, 2.75) is 43.0 Å². The molecule has 7 nitrogen and oxygen atoms in total. The van der Waals surface area contributed by atoms with Crippen molar-refractivity contribution in [2.75, 3.05) is 26.3 Å². The largest absolute Gasteiger partial charge is 0.478 e. The van der Waals surface area contributed by atoms with Crippen LogP contribution in [0.2, 0.25) is 0 Å². The first-order valence-corrected chi connectivity index (χ1v) is 10.4. The van der Waals surface area contributed by atoms with Crippen molar-refractivity contribution in [2.24, 2.45) is 0 Å². The topological polar surface area (TPSA) is 95.9 Å². The van der Waals surface area contributed by atoms with E-state index in [2.05, 4.69) is 5.32 Å². The lowest BCUT2D eigenvalue weighted by molar-refractivity contribution is 0.0295. The fraction of sp³-hybridized carbons (Fsp3) is 0.667. The van der Waals surface area contributed by atoms with Crippen LogP contribution < -0.4 is 5.32 Å². The van der Waals surface area contributed by atoms with Gasteiger partial charge < -0.3 is 15.2 Å². The van der Waals surface area contributed by atoms with E-state index in [1.54, 1.807) is 0 Å². The third-order valence-electron chi connectivity index (χ3n) is 4.45. The monoisotopic (exact) mass is 374 g/mol. The molecule has 1 fully saturated rings. The number of fused-ring (bicyclic) bond motifs is 1. The first-order chi connectivity index (χ1) is 11.5. The Hall–Kier alpha value is -1.00. The molecule has 0 bridgehead atoms. The van der Waals surface area contributed by atoms with Gasteiger partial charge in [-0.05, 0) is 24.9 Å². The number of carboxylic acid groups (broad SMARTS) is 1. The van der Waals surface area contributed by atoms with Crippen LogP contribution in [0.4, 0.5) is 0 Å². The number of sulfonamides is 1. The second-order valence-corrected chi connectivity index (χ2v) is 9.22. The summed E-state index contributed by atoms with van der Waals surface area (Å²) in [7, 11) is -3.84. The van der Waals surface area contributed by atoms with Gasteiger partial charge in [0.1, 0.15) is 4.21 Å². The quantitative estimate of drug-likeness (QED) is 0.806. The van der Waals surface area contributed by atoms with E-state index in [9.17, 15) is 18.3 Å². The van der Waals surface area contributed by atoms with E-state index < -0.39 is 16.0 Å². The highest BCUT2D eigenvalue weighted by atomic mass is 32.2. The first-order valence-electron chi connectivity index (χ1n) is 8.15. The lowest BCUT2D eigenvalue weighted by Crippen LogP contribution is -2.48. The molecule has 1 saturated heterocycles. The zero-order valence-electron chi connectivity index (χ0n) is 13.6. The number of aromatic carboxylic acids is 1. The van der Waals surface area contributed by atoms with E-state index in [1.807, 2.05) is 6.92 Å². The number of rotatable bonds is 5. The number of carbonyl (C=O) groups is 1. The SMILES string of the molecule is CCCC1COCCN1S(=O)(=O)c1sc2c(c1C(=O)O)CCNC2. The molecular weight excluding hydrogens is 352 g/mol. The van der Waals surface area contributed by atoms with Gasteiger partial charge in [0.15, 0.2) is 0 Å². The summed E-state index contributed by atoms with van der Waals surface area (Å²) in [6.45, 7) is 4.16. The second kappa shape index (κ2) is 7.09. The zero-order chi connectivity index (χ0) is 17.3. The van der Waals surface area contributed by atoms with Crippen molar-refractivity contribution >= 4 is 27.3 Å². The Bertz CT molecular complexity index is 726. The molecule has 0 aliphatic carbocycles. The van der Waals surface area contributed by atoms with Crippen molar-refractivity contribution in [1.29, 1.82) is 0 Å². The molecule has 3 heterocycles. The standard InChI is InChI=1S/C15H22N2O5S2/c1-2-3-10-9-22-7-6-17(10)24(20,21)15-13(14(18)19)11-4-5-16-8-12(11)23-15/h10,16H,2-9H2,1H3,(H,18,19). The van der Waals surface area contributed by atoms with Crippen LogP contribution in [0.25, 0.3) is 0 Å². The van der Waals surface area contributed by atoms with Crippen LogP contribution in [-0.2, 0) is 27.7 Å². The molecule has 0 saturated carbocycles. The van der Waals surface area contributed by atoms with Crippen molar-refractivity contribution in [3.63, 3.8) is 0 Å². The minimum Gasteiger partial charge on any atom is -0.478 e. The van der Waals surface area contributed by atoms with Crippen LogP contribution in [0, 0.1) is 0 Å². The maximum atomic E-state index is 13.2. The molecule has 1 aromatic rings. The summed E-state index contributed by atoms with van der Waals surface area (Å²) in [4.78, 5) is 12.6. The van der Waals surface area contributed by atoms with Crippen molar-refractivity contribution < 1.29 is 23.1 Å². The molecule has 2 N–H and O–H groups in total. The maximum absolute atomic E-state index is 13.2. The Morgan fingerprint density at radius 1 is 1.50 bits per heavy atom. The molecule has 0 radical (unpaired) electrons. The van der Waals surface area contributed by atoms with Crippen molar-refractivity contribution in [1.82, 2.24) is 9.62 Å². The van der Waals surface area contributed by atoms with Crippen LogP contribution in [-0.4, -0.2) is 56.1 Å². The lowest BCUT2D eigenvalue weighted by atomic mass is 10.1. The van der Waals surface area contributed by atoms with E-state index >= 15 is 0 Å². The molecule has 0 amide bonds. The number of hydrogen-bond donors (Lipinski definition) is 2. The van der Waals surface area contributed by atoms with Crippen molar-refractivity contribution in [3.8, 4) is 0 Å². The molecule has 2 aliphatic rings. The van der Waals surface area contributed by atoms with Gasteiger partial charge in [0.05, 0.1) is 18.8 Å². The summed E-state index contributed by atoms with van der Waals surface area (Å²) in [5.74, 6) is -1.16. The number of nitrogens with zero attached hydrogens (tertiary/aromatic N) is 1. The normalized spacial score (nSPS) is 22.3. The third kappa shape index (κ3) is 3.11. The van der Waals surface area contributed by atoms with Crippen LogP contribution in [0.15, 0.2) is 4.21 Å². The van der Waals surface area contributed by atoms with Gasteiger partial charge in [-0.1, -0.05) is 13.3 Å². The van der Waals surface area contributed by atoms with E-state index in [4.69, 9.17) is 4.74 Å². The average Bonchev–Trinajstić information content (AvgIpc) is 2.96. The molecule has 1 atom stereocenters. The van der Waals surface area contributed by atoms with Gasteiger partial charge >= 0.3 is 5.97 Å². The smallest absolute Gasteiger partial charge is 0.338 e. The van der Waals surface area contributed by atoms with Gasteiger partial charge in [-0.25, -0.2) is 13.2 Å². The molecule has 9 heteroatoms. The van der Waals surface area contributed by atoms with Gasteiger partial charge in [0.25, 0.3) is 10.0 Å². The van der Waals surface area contributed by atoms with E-state index in [-0.39, 0.29) is 22.4 Å². The fourth-order valence-corrected chi connectivity index (χ4v) is 6.93. The Kier molecular flexibility index (Phi) is 5.26. The Labute approximate surface area is 145 Å². The maximum Gasteiger partial charge on any atom is 0.338 e. The van der Waals surface area contributed by atoms with Gasteiger partial charge in [0.2, 0.25) is 0 Å². The highest BCUT2D eigenvalue weighted by Gasteiger charge is 2.39. The minimum absolute atomic E-state index is 0.0216.